The van der Waals surface area contributed by atoms with Crippen molar-refractivity contribution in [2.24, 2.45) is 0 Å². The van der Waals surface area contributed by atoms with Gasteiger partial charge in [0.1, 0.15) is 5.58 Å². The van der Waals surface area contributed by atoms with Crippen molar-refractivity contribution in [3.63, 3.8) is 0 Å². The number of carbonyl (C=O) groups is 1. The predicted molar refractivity (Wildman–Crippen MR) is 136 cm³/mol. The van der Waals surface area contributed by atoms with Gasteiger partial charge in [0.15, 0.2) is 22.1 Å². The van der Waals surface area contributed by atoms with Gasteiger partial charge in [-0.3, -0.25) is 14.5 Å². The summed E-state index contributed by atoms with van der Waals surface area (Å²) in [6, 6.07) is 8.44. The molecule has 1 unspecified atom stereocenters. The lowest BCUT2D eigenvalue weighted by Crippen LogP contribution is -2.29. The fourth-order valence-corrected chi connectivity index (χ4v) is 5.04. The minimum absolute atomic E-state index is 0.0493. The number of methoxy groups -OCH3 is 1. The minimum atomic E-state index is -0.704. The van der Waals surface area contributed by atoms with E-state index in [2.05, 4.69) is 11.9 Å². The number of carbonyl (C=O) groups excluding carboxylic acids is 1. The van der Waals surface area contributed by atoms with Gasteiger partial charge in [-0.1, -0.05) is 19.4 Å². The number of aromatic nitrogens is 1. The largest absolute Gasteiger partial charge is 0.493 e. The summed E-state index contributed by atoms with van der Waals surface area (Å²) in [6.07, 6.45) is 3.59. The van der Waals surface area contributed by atoms with Crippen molar-refractivity contribution < 1.29 is 18.7 Å². The number of ether oxygens (including phenoxy) is 2. The van der Waals surface area contributed by atoms with Crippen LogP contribution in [0.1, 0.15) is 58.6 Å². The first-order chi connectivity index (χ1) is 16.9. The van der Waals surface area contributed by atoms with Crippen LogP contribution in [-0.2, 0) is 0 Å². The fourth-order valence-electron chi connectivity index (χ4n) is 4.38. The number of amides is 1. The topological polar surface area (TPSA) is 81.9 Å². The van der Waals surface area contributed by atoms with E-state index < -0.39 is 6.04 Å². The van der Waals surface area contributed by atoms with Crippen LogP contribution >= 0.6 is 11.3 Å². The second-order valence-corrected chi connectivity index (χ2v) is 9.48. The Labute approximate surface area is 206 Å². The lowest BCUT2D eigenvalue weighted by atomic mass is 9.97. The summed E-state index contributed by atoms with van der Waals surface area (Å²) in [5.41, 5.74) is 3.18. The highest BCUT2D eigenvalue weighted by molar-refractivity contribution is 7.13. The minimum Gasteiger partial charge on any atom is -0.493 e. The monoisotopic (exact) mass is 490 g/mol. The Kier molecular flexibility index (Phi) is 6.06. The highest BCUT2D eigenvalue weighted by atomic mass is 32.1. The molecule has 4 aromatic rings. The zero-order valence-electron chi connectivity index (χ0n) is 20.1. The Balaban J connectivity index is 1.71. The Bertz CT molecular complexity index is 1480. The summed E-state index contributed by atoms with van der Waals surface area (Å²) in [5.74, 6) is 0.814. The molecule has 0 radical (unpaired) electrons. The highest BCUT2D eigenvalue weighted by Gasteiger charge is 2.45. The zero-order chi connectivity index (χ0) is 24.7. The summed E-state index contributed by atoms with van der Waals surface area (Å²) >= 11 is 1.33. The van der Waals surface area contributed by atoms with E-state index in [-0.39, 0.29) is 17.1 Å². The Hall–Kier alpha value is -3.65. The van der Waals surface area contributed by atoms with Crippen LogP contribution in [0.25, 0.3) is 11.0 Å². The van der Waals surface area contributed by atoms with Crippen LogP contribution in [-0.4, -0.2) is 24.6 Å². The Morgan fingerprint density at radius 1 is 1.11 bits per heavy atom. The molecule has 1 atom stereocenters. The molecule has 5 rings (SSSR count). The number of anilines is 1. The van der Waals surface area contributed by atoms with Crippen molar-refractivity contribution >= 4 is 33.3 Å². The van der Waals surface area contributed by atoms with Crippen LogP contribution in [0.2, 0.25) is 0 Å². The van der Waals surface area contributed by atoms with E-state index in [1.165, 1.54) is 16.2 Å². The van der Waals surface area contributed by atoms with Gasteiger partial charge in [0, 0.05) is 11.6 Å². The van der Waals surface area contributed by atoms with Gasteiger partial charge < -0.3 is 13.9 Å². The molecule has 35 heavy (non-hydrogen) atoms. The summed E-state index contributed by atoms with van der Waals surface area (Å²) < 4.78 is 17.6. The molecular weight excluding hydrogens is 464 g/mol. The third kappa shape index (κ3) is 3.87. The third-order valence-electron chi connectivity index (χ3n) is 6.37. The molecule has 1 aliphatic heterocycles. The number of fused-ring (bicyclic) bond motifs is 2. The van der Waals surface area contributed by atoms with Crippen molar-refractivity contribution in [2.45, 2.75) is 39.7 Å². The second-order valence-electron chi connectivity index (χ2n) is 8.61. The molecule has 0 saturated heterocycles. The highest BCUT2D eigenvalue weighted by Crippen LogP contribution is 2.43. The number of nitrogens with zero attached hydrogens (tertiary/aromatic N) is 2. The van der Waals surface area contributed by atoms with Crippen LogP contribution in [0.5, 0.6) is 11.5 Å². The Morgan fingerprint density at radius 3 is 2.63 bits per heavy atom. The van der Waals surface area contributed by atoms with Gasteiger partial charge in [0.2, 0.25) is 5.76 Å². The van der Waals surface area contributed by atoms with Gasteiger partial charge in [-0.05, 0) is 61.2 Å². The predicted octanol–water partition coefficient (Wildman–Crippen LogP) is 5.80. The first-order valence-electron chi connectivity index (χ1n) is 11.6. The van der Waals surface area contributed by atoms with Crippen LogP contribution in [0.15, 0.2) is 51.1 Å². The number of hydrogen-bond donors (Lipinski definition) is 0. The van der Waals surface area contributed by atoms with Crippen LogP contribution in [0.3, 0.4) is 0 Å². The van der Waals surface area contributed by atoms with Crippen molar-refractivity contribution in [3.05, 3.63) is 80.1 Å². The van der Waals surface area contributed by atoms with Gasteiger partial charge in [-0.15, -0.1) is 11.3 Å². The van der Waals surface area contributed by atoms with E-state index in [9.17, 15) is 9.59 Å². The van der Waals surface area contributed by atoms with Gasteiger partial charge in [-0.2, -0.15) is 0 Å². The molecule has 3 heterocycles. The second kappa shape index (κ2) is 9.19. The van der Waals surface area contributed by atoms with Crippen LogP contribution in [0, 0.1) is 13.8 Å². The van der Waals surface area contributed by atoms with Gasteiger partial charge >= 0.3 is 0 Å². The lowest BCUT2D eigenvalue weighted by molar-refractivity contribution is 0.0971. The molecule has 2 aromatic heterocycles. The van der Waals surface area contributed by atoms with Crippen molar-refractivity contribution in [3.8, 4) is 11.5 Å². The number of benzene rings is 2. The van der Waals surface area contributed by atoms with E-state index in [0.29, 0.717) is 45.3 Å². The smallest absolute Gasteiger partial charge is 0.297 e. The zero-order valence-corrected chi connectivity index (χ0v) is 20.9. The summed E-state index contributed by atoms with van der Waals surface area (Å²) in [6.45, 7) is 6.58. The van der Waals surface area contributed by atoms with Crippen molar-refractivity contribution in [2.75, 3.05) is 18.6 Å². The first-order valence-corrected chi connectivity index (χ1v) is 12.4. The SMILES string of the molecule is CCCCOc1ccc(C2c3c(oc4cc(C)c(C)cc4c3=O)C(=O)N2c2nccs2)cc1OC. The molecule has 0 bridgehead atoms. The van der Waals surface area contributed by atoms with E-state index in [1.807, 2.05) is 44.2 Å². The molecule has 180 valence electrons. The van der Waals surface area contributed by atoms with Gasteiger partial charge in [-0.25, -0.2) is 4.98 Å². The molecule has 1 amide bonds. The van der Waals surface area contributed by atoms with Crippen LogP contribution < -0.4 is 19.8 Å². The number of hydrogen-bond acceptors (Lipinski definition) is 7. The van der Waals surface area contributed by atoms with E-state index in [1.54, 1.807) is 18.7 Å². The summed E-state index contributed by atoms with van der Waals surface area (Å²) in [7, 11) is 1.57. The van der Waals surface area contributed by atoms with Crippen molar-refractivity contribution in [1.82, 2.24) is 4.98 Å². The summed E-state index contributed by atoms with van der Waals surface area (Å²) in [5, 5.41) is 2.74. The maximum absolute atomic E-state index is 13.8. The molecule has 1 aliphatic rings. The lowest BCUT2D eigenvalue weighted by Gasteiger charge is -2.23. The number of unbranched alkanes of at least 4 members (excludes halogenated alkanes) is 1. The van der Waals surface area contributed by atoms with Crippen LogP contribution in [0.4, 0.5) is 5.13 Å². The average Bonchev–Trinajstić information content (AvgIpc) is 3.47. The molecule has 0 aliphatic carbocycles. The average molecular weight is 491 g/mol. The molecule has 0 spiro atoms. The molecule has 8 heteroatoms. The standard InChI is InChI=1S/C27H26N2O5S/c1-5-6-10-33-19-8-7-17(14-21(19)32-4)23-22-24(30)18-12-15(2)16(3)13-20(18)34-25(22)26(31)29(23)27-28-9-11-35-27/h7-9,11-14,23H,5-6,10H2,1-4H3. The first kappa shape index (κ1) is 23.1. The molecule has 7 nitrogen and oxygen atoms in total. The van der Waals surface area contributed by atoms with Crippen molar-refractivity contribution in [1.29, 1.82) is 0 Å². The molecule has 2 aromatic carbocycles. The fraction of sp³-hybridized carbons (Fsp3) is 0.296. The van der Waals surface area contributed by atoms with Gasteiger partial charge in [0.05, 0.1) is 30.7 Å². The van der Waals surface area contributed by atoms with E-state index in [0.717, 1.165) is 24.0 Å². The van der Waals surface area contributed by atoms with E-state index in [4.69, 9.17) is 13.9 Å². The third-order valence-corrected chi connectivity index (χ3v) is 7.14. The number of aryl methyl sites for hydroxylation is 2. The molecule has 0 fully saturated rings. The van der Waals surface area contributed by atoms with Gasteiger partial charge in [0.25, 0.3) is 5.91 Å². The quantitative estimate of drug-likeness (QED) is 0.304. The molecule has 0 N–H and O–H groups in total. The normalized spacial score (nSPS) is 15.0. The molecular formula is C27H26N2O5S. The maximum Gasteiger partial charge on any atom is 0.297 e. The Morgan fingerprint density at radius 2 is 1.91 bits per heavy atom. The number of thiazole rings is 1. The maximum atomic E-state index is 13.8. The summed E-state index contributed by atoms with van der Waals surface area (Å²) in [4.78, 5) is 33.3. The van der Waals surface area contributed by atoms with E-state index >= 15 is 0 Å². The molecule has 0 saturated carbocycles. The number of rotatable bonds is 7.